The Balaban J connectivity index is 0.929. The Bertz CT molecular complexity index is 2020. The Morgan fingerprint density at radius 2 is 1.52 bits per heavy atom. The summed E-state index contributed by atoms with van der Waals surface area (Å²) < 4.78 is 56.6. The zero-order valence-corrected chi connectivity index (χ0v) is 31.7. The molecule has 2 aromatic heterocycles. The first-order valence-corrected chi connectivity index (χ1v) is 18.4. The summed E-state index contributed by atoms with van der Waals surface area (Å²) in [4.78, 5) is 25.7. The molecule has 3 aromatic carbocycles. The van der Waals surface area contributed by atoms with Gasteiger partial charge in [0.05, 0.1) is 29.6 Å². The van der Waals surface area contributed by atoms with E-state index in [4.69, 9.17) is 25.8 Å². The van der Waals surface area contributed by atoms with E-state index < -0.39 is 11.7 Å². The minimum absolute atomic E-state index is 0.0564. The molecular formula is C41H37BrClF3N4O4. The van der Waals surface area contributed by atoms with Crippen molar-refractivity contribution in [2.24, 2.45) is 0 Å². The van der Waals surface area contributed by atoms with Gasteiger partial charge >= 0.3 is 6.18 Å². The van der Waals surface area contributed by atoms with Gasteiger partial charge in [0.2, 0.25) is 11.8 Å². The zero-order valence-electron chi connectivity index (χ0n) is 29.4. The van der Waals surface area contributed by atoms with Gasteiger partial charge in [-0.3, -0.25) is 9.69 Å². The first-order valence-electron chi connectivity index (χ1n) is 17.2. The number of ether oxygens (including phenoxy) is 3. The van der Waals surface area contributed by atoms with Crippen LogP contribution in [0.25, 0.3) is 6.08 Å². The minimum Gasteiger partial charge on any atom is -0.492 e. The van der Waals surface area contributed by atoms with Crippen LogP contribution in [0, 0.1) is 6.92 Å². The summed E-state index contributed by atoms with van der Waals surface area (Å²) in [6.45, 7) is 6.19. The van der Waals surface area contributed by atoms with Crippen molar-refractivity contribution >= 4 is 39.5 Å². The van der Waals surface area contributed by atoms with Crippen LogP contribution in [0.15, 0.2) is 108 Å². The summed E-state index contributed by atoms with van der Waals surface area (Å²) in [5.41, 5.74) is 3.83. The van der Waals surface area contributed by atoms with Gasteiger partial charge in [-0.05, 0) is 99.2 Å². The molecule has 0 aliphatic carbocycles. The number of hydrogen-bond acceptors (Lipinski definition) is 7. The highest BCUT2D eigenvalue weighted by molar-refractivity contribution is 9.10. The van der Waals surface area contributed by atoms with Gasteiger partial charge in [-0.2, -0.15) is 13.2 Å². The van der Waals surface area contributed by atoms with E-state index in [1.165, 1.54) is 29.5 Å². The Hall–Kier alpha value is -4.91. The fraction of sp³-hybridized carbons (Fsp3) is 0.244. The molecule has 0 radical (unpaired) electrons. The van der Waals surface area contributed by atoms with Crippen molar-refractivity contribution in [1.29, 1.82) is 0 Å². The molecule has 1 fully saturated rings. The number of amides is 1. The van der Waals surface area contributed by atoms with Gasteiger partial charge in [-0.15, -0.1) is 0 Å². The standard InChI is InChI=1S/C41H37BrClF3N4O4/c1-28-22-32(23-36(43)40(28)54-38-14-12-35(25-48-38)53-27-31-6-9-33(10-7-31)41(44,45)46)8-15-39(51)50-19-17-49(18-20-50)26-30-4-2-29(3-5-30)16-21-52-34-11-13-37(42)47-24-34/h2-15,22-25H,16-21,26-27H2,1H3. The molecule has 0 bridgehead atoms. The molecule has 1 aliphatic rings. The first-order chi connectivity index (χ1) is 26.0. The molecule has 8 nitrogen and oxygen atoms in total. The lowest BCUT2D eigenvalue weighted by atomic mass is 10.1. The minimum atomic E-state index is -4.39. The zero-order chi connectivity index (χ0) is 38.1. The van der Waals surface area contributed by atoms with Crippen LogP contribution >= 0.6 is 27.5 Å². The van der Waals surface area contributed by atoms with Gasteiger partial charge in [0.1, 0.15) is 22.7 Å². The maximum atomic E-state index is 13.0. The van der Waals surface area contributed by atoms with E-state index in [1.807, 2.05) is 30.0 Å². The molecule has 3 heterocycles. The Labute approximate surface area is 325 Å². The average Bonchev–Trinajstić information content (AvgIpc) is 3.16. The van der Waals surface area contributed by atoms with Gasteiger partial charge in [0.25, 0.3) is 0 Å². The van der Waals surface area contributed by atoms with Crippen molar-refractivity contribution in [1.82, 2.24) is 19.8 Å². The van der Waals surface area contributed by atoms with Crippen LogP contribution in [0.4, 0.5) is 13.2 Å². The van der Waals surface area contributed by atoms with Gasteiger partial charge in [0, 0.05) is 51.3 Å². The predicted molar refractivity (Wildman–Crippen MR) is 205 cm³/mol. The van der Waals surface area contributed by atoms with Crippen LogP contribution in [-0.2, 0) is 30.5 Å². The highest BCUT2D eigenvalue weighted by Gasteiger charge is 2.30. The van der Waals surface area contributed by atoms with Crippen LogP contribution in [0.3, 0.4) is 0 Å². The number of alkyl halides is 3. The number of halogens is 5. The number of rotatable bonds is 13. The van der Waals surface area contributed by atoms with E-state index in [2.05, 4.69) is 55.1 Å². The predicted octanol–water partition coefficient (Wildman–Crippen LogP) is 9.57. The van der Waals surface area contributed by atoms with E-state index in [0.29, 0.717) is 41.8 Å². The van der Waals surface area contributed by atoms with Crippen LogP contribution in [0.5, 0.6) is 23.1 Å². The van der Waals surface area contributed by atoms with Gasteiger partial charge in [-0.25, -0.2) is 9.97 Å². The molecule has 0 atom stereocenters. The van der Waals surface area contributed by atoms with Crippen molar-refractivity contribution in [3.05, 3.63) is 146 Å². The number of carbonyl (C=O) groups is 1. The van der Waals surface area contributed by atoms with Crippen molar-refractivity contribution in [2.45, 2.75) is 32.7 Å². The third-order valence-electron chi connectivity index (χ3n) is 8.75. The molecule has 1 aliphatic heterocycles. The Morgan fingerprint density at radius 1 is 0.852 bits per heavy atom. The largest absolute Gasteiger partial charge is 0.492 e. The lowest BCUT2D eigenvalue weighted by Crippen LogP contribution is -2.47. The second-order valence-corrected chi connectivity index (χ2v) is 14.0. The number of aromatic nitrogens is 2. The van der Waals surface area contributed by atoms with Gasteiger partial charge < -0.3 is 19.1 Å². The second kappa shape index (κ2) is 17.9. The molecule has 1 saturated heterocycles. The summed E-state index contributed by atoms with van der Waals surface area (Å²) in [6.07, 6.45) is 2.90. The van der Waals surface area contributed by atoms with E-state index in [-0.39, 0.29) is 18.4 Å². The molecule has 6 rings (SSSR count). The number of pyridine rings is 2. The quantitative estimate of drug-likeness (QED) is 0.0866. The number of piperazine rings is 1. The van der Waals surface area contributed by atoms with E-state index >= 15 is 0 Å². The Morgan fingerprint density at radius 3 is 2.17 bits per heavy atom. The number of aryl methyl sites for hydroxylation is 1. The van der Waals surface area contributed by atoms with Crippen molar-refractivity contribution in [3.63, 3.8) is 0 Å². The fourth-order valence-corrected chi connectivity index (χ4v) is 6.31. The highest BCUT2D eigenvalue weighted by Crippen LogP contribution is 2.34. The van der Waals surface area contributed by atoms with Gasteiger partial charge in [0.15, 0.2) is 5.75 Å². The third-order valence-corrected chi connectivity index (χ3v) is 9.50. The number of benzene rings is 3. The normalized spacial score (nSPS) is 13.6. The summed E-state index contributed by atoms with van der Waals surface area (Å²) >= 11 is 9.91. The molecule has 0 spiro atoms. The van der Waals surface area contributed by atoms with E-state index in [9.17, 15) is 18.0 Å². The number of carbonyl (C=O) groups excluding carboxylic acids is 1. The average molecular weight is 822 g/mol. The molecule has 0 N–H and O–H groups in total. The van der Waals surface area contributed by atoms with Crippen molar-refractivity contribution in [3.8, 4) is 23.1 Å². The maximum Gasteiger partial charge on any atom is 0.416 e. The fourth-order valence-electron chi connectivity index (χ4n) is 5.76. The van der Waals surface area contributed by atoms with E-state index in [1.54, 1.807) is 36.5 Å². The Kier molecular flexibility index (Phi) is 12.9. The lowest BCUT2D eigenvalue weighted by Gasteiger charge is -2.34. The summed E-state index contributed by atoms with van der Waals surface area (Å²) in [6, 6.07) is 24.0. The highest BCUT2D eigenvalue weighted by atomic mass is 79.9. The molecule has 5 aromatic rings. The molecule has 0 saturated carbocycles. The topological polar surface area (TPSA) is 77.0 Å². The van der Waals surface area contributed by atoms with Crippen LogP contribution in [0.2, 0.25) is 5.02 Å². The summed E-state index contributed by atoms with van der Waals surface area (Å²) in [7, 11) is 0. The summed E-state index contributed by atoms with van der Waals surface area (Å²) in [5, 5.41) is 0.361. The molecule has 13 heteroatoms. The third kappa shape index (κ3) is 11.1. The SMILES string of the molecule is Cc1cc(C=CC(=O)N2CCN(Cc3ccc(CCOc4ccc(Br)nc4)cc3)CC2)cc(Cl)c1Oc1ccc(OCc2ccc(C(F)(F)F)cc2)cn1. The smallest absolute Gasteiger partial charge is 0.416 e. The second-order valence-electron chi connectivity index (χ2n) is 12.7. The molecular weight excluding hydrogens is 785 g/mol. The molecule has 0 unspecified atom stereocenters. The van der Waals surface area contributed by atoms with Crippen molar-refractivity contribution < 1.29 is 32.2 Å². The van der Waals surface area contributed by atoms with Crippen molar-refractivity contribution in [2.75, 3.05) is 32.8 Å². The molecule has 54 heavy (non-hydrogen) atoms. The van der Waals surface area contributed by atoms with Crippen LogP contribution in [0.1, 0.15) is 33.4 Å². The molecule has 280 valence electrons. The first kappa shape index (κ1) is 38.8. The molecule has 1 amide bonds. The summed E-state index contributed by atoms with van der Waals surface area (Å²) in [5.74, 6) is 1.83. The lowest BCUT2D eigenvalue weighted by molar-refractivity contribution is -0.137. The monoisotopic (exact) mass is 820 g/mol. The van der Waals surface area contributed by atoms with Gasteiger partial charge in [-0.1, -0.05) is 48.0 Å². The number of hydrogen-bond donors (Lipinski definition) is 0. The van der Waals surface area contributed by atoms with E-state index in [0.717, 1.165) is 59.7 Å². The maximum absolute atomic E-state index is 13.0. The number of nitrogens with zero attached hydrogens (tertiary/aromatic N) is 4. The van der Waals surface area contributed by atoms with Crippen LogP contribution < -0.4 is 14.2 Å². The van der Waals surface area contributed by atoms with Crippen LogP contribution in [-0.4, -0.2) is 58.5 Å².